The maximum Gasteiger partial charge on any atom is 0.250 e. The summed E-state index contributed by atoms with van der Waals surface area (Å²) >= 11 is 0. The summed E-state index contributed by atoms with van der Waals surface area (Å²) in [4.78, 5) is 19.7. The number of pyridine rings is 2. The fraction of sp³-hybridized carbons (Fsp3) is 0.217. The van der Waals surface area contributed by atoms with Gasteiger partial charge in [-0.15, -0.1) is 0 Å². The molecule has 8 nitrogen and oxygen atoms in total. The SMILES string of the molecule is N#Cc1cc(-c2ccnc(Nc3ccc(C(N)=O)cn3)c2)ccc1OC1CCOCC1. The lowest BCUT2D eigenvalue weighted by molar-refractivity contribution is 0.0254. The van der Waals surface area contributed by atoms with Crippen molar-refractivity contribution in [1.29, 1.82) is 5.26 Å². The molecule has 1 fully saturated rings. The summed E-state index contributed by atoms with van der Waals surface area (Å²) in [6, 6.07) is 14.8. The van der Waals surface area contributed by atoms with Gasteiger partial charge in [0.1, 0.15) is 29.6 Å². The Hall–Kier alpha value is -3.96. The highest BCUT2D eigenvalue weighted by Gasteiger charge is 2.17. The molecule has 1 saturated heterocycles. The second-order valence-electron chi connectivity index (χ2n) is 7.10. The van der Waals surface area contributed by atoms with Crippen LogP contribution in [0.5, 0.6) is 5.75 Å². The van der Waals surface area contributed by atoms with Crippen LogP contribution in [0.25, 0.3) is 11.1 Å². The van der Waals surface area contributed by atoms with Gasteiger partial charge in [0.15, 0.2) is 0 Å². The van der Waals surface area contributed by atoms with Crippen molar-refractivity contribution < 1.29 is 14.3 Å². The van der Waals surface area contributed by atoms with E-state index in [1.807, 2.05) is 30.3 Å². The minimum absolute atomic E-state index is 0.0666. The predicted octanol–water partition coefficient (Wildman–Crippen LogP) is 3.42. The summed E-state index contributed by atoms with van der Waals surface area (Å²) in [5.74, 6) is 1.17. The van der Waals surface area contributed by atoms with Gasteiger partial charge in [0.05, 0.1) is 24.3 Å². The monoisotopic (exact) mass is 415 g/mol. The van der Waals surface area contributed by atoms with Crippen LogP contribution in [0.15, 0.2) is 54.9 Å². The highest BCUT2D eigenvalue weighted by Crippen LogP contribution is 2.29. The predicted molar refractivity (Wildman–Crippen MR) is 115 cm³/mol. The number of rotatable bonds is 6. The number of primary amides is 1. The number of carbonyl (C=O) groups is 1. The van der Waals surface area contributed by atoms with E-state index < -0.39 is 5.91 Å². The molecule has 0 saturated carbocycles. The molecule has 0 radical (unpaired) electrons. The molecular weight excluding hydrogens is 394 g/mol. The standard InChI is InChI=1S/C23H21N5O3/c24-13-18-11-15(1-3-20(18)31-19-6-9-30-10-7-19)16-5-8-26-22(12-16)28-21-4-2-17(14-27-21)23(25)29/h1-5,8,11-12,14,19H,6-7,9-10H2,(H2,25,29)(H,26,27,28). The van der Waals surface area contributed by atoms with Crippen LogP contribution in [-0.4, -0.2) is 35.2 Å². The quantitative estimate of drug-likeness (QED) is 0.632. The maximum absolute atomic E-state index is 11.2. The van der Waals surface area contributed by atoms with Gasteiger partial charge in [0.25, 0.3) is 0 Å². The molecule has 1 aliphatic heterocycles. The molecule has 0 bridgehead atoms. The topological polar surface area (TPSA) is 123 Å². The van der Waals surface area contributed by atoms with Gasteiger partial charge in [-0.25, -0.2) is 9.97 Å². The Morgan fingerprint density at radius 1 is 1.10 bits per heavy atom. The Balaban J connectivity index is 1.52. The molecule has 4 rings (SSSR count). The smallest absolute Gasteiger partial charge is 0.250 e. The first-order chi connectivity index (χ1) is 15.1. The van der Waals surface area contributed by atoms with Crippen LogP contribution >= 0.6 is 0 Å². The van der Waals surface area contributed by atoms with Crippen LogP contribution in [0, 0.1) is 11.3 Å². The lowest BCUT2D eigenvalue weighted by Crippen LogP contribution is -2.26. The van der Waals surface area contributed by atoms with Crippen LogP contribution < -0.4 is 15.8 Å². The zero-order valence-corrected chi connectivity index (χ0v) is 16.7. The number of anilines is 2. The van der Waals surface area contributed by atoms with Crippen molar-refractivity contribution in [2.24, 2.45) is 5.73 Å². The third-order valence-electron chi connectivity index (χ3n) is 4.96. The first kappa shape index (κ1) is 20.3. The van der Waals surface area contributed by atoms with Gasteiger partial charge in [-0.1, -0.05) is 6.07 Å². The average Bonchev–Trinajstić information content (AvgIpc) is 2.80. The molecule has 156 valence electrons. The minimum atomic E-state index is -0.531. The Bertz CT molecular complexity index is 1120. The van der Waals surface area contributed by atoms with E-state index in [-0.39, 0.29) is 6.10 Å². The fourth-order valence-electron chi connectivity index (χ4n) is 3.30. The zero-order chi connectivity index (χ0) is 21.6. The van der Waals surface area contributed by atoms with E-state index in [4.69, 9.17) is 15.2 Å². The van der Waals surface area contributed by atoms with Crippen molar-refractivity contribution in [2.75, 3.05) is 18.5 Å². The molecule has 1 aromatic carbocycles. The largest absolute Gasteiger partial charge is 0.489 e. The van der Waals surface area contributed by atoms with Gasteiger partial charge in [0.2, 0.25) is 5.91 Å². The molecule has 0 atom stereocenters. The number of amides is 1. The van der Waals surface area contributed by atoms with Crippen LogP contribution in [0.1, 0.15) is 28.8 Å². The van der Waals surface area contributed by atoms with Crippen molar-refractivity contribution in [3.05, 3.63) is 66.0 Å². The van der Waals surface area contributed by atoms with Crippen molar-refractivity contribution in [2.45, 2.75) is 18.9 Å². The summed E-state index contributed by atoms with van der Waals surface area (Å²) in [6.07, 6.45) is 4.79. The molecule has 1 amide bonds. The summed E-state index contributed by atoms with van der Waals surface area (Å²) in [5, 5.41) is 12.7. The molecule has 0 aliphatic carbocycles. The zero-order valence-electron chi connectivity index (χ0n) is 16.7. The second-order valence-corrected chi connectivity index (χ2v) is 7.10. The van der Waals surface area contributed by atoms with E-state index in [0.29, 0.717) is 41.7 Å². The number of hydrogen-bond donors (Lipinski definition) is 2. The third-order valence-corrected chi connectivity index (χ3v) is 4.96. The number of hydrogen-bond acceptors (Lipinski definition) is 7. The number of carbonyl (C=O) groups excluding carboxylic acids is 1. The number of nitriles is 1. The molecule has 2 aromatic heterocycles. The van der Waals surface area contributed by atoms with Crippen LogP contribution in [0.3, 0.4) is 0 Å². The summed E-state index contributed by atoms with van der Waals surface area (Å²) in [7, 11) is 0. The Labute approximate surface area is 179 Å². The van der Waals surface area contributed by atoms with E-state index in [2.05, 4.69) is 21.4 Å². The number of aromatic nitrogens is 2. The molecule has 3 heterocycles. The lowest BCUT2D eigenvalue weighted by atomic mass is 10.0. The molecule has 0 spiro atoms. The van der Waals surface area contributed by atoms with Crippen LogP contribution in [0.2, 0.25) is 0 Å². The van der Waals surface area contributed by atoms with Gasteiger partial charge < -0.3 is 20.5 Å². The molecular formula is C23H21N5O3. The van der Waals surface area contributed by atoms with E-state index in [0.717, 1.165) is 24.0 Å². The Kier molecular flexibility index (Phi) is 6.05. The molecule has 1 aliphatic rings. The molecule has 31 heavy (non-hydrogen) atoms. The van der Waals surface area contributed by atoms with Crippen molar-refractivity contribution in [3.8, 4) is 22.9 Å². The number of nitrogens with two attached hydrogens (primary N) is 1. The number of nitrogens with one attached hydrogen (secondary N) is 1. The third kappa shape index (κ3) is 4.97. The number of benzene rings is 1. The number of nitrogens with zero attached hydrogens (tertiary/aromatic N) is 3. The average molecular weight is 415 g/mol. The molecule has 0 unspecified atom stereocenters. The summed E-state index contributed by atoms with van der Waals surface area (Å²) < 4.78 is 11.4. The first-order valence-electron chi connectivity index (χ1n) is 9.90. The minimum Gasteiger partial charge on any atom is -0.489 e. The highest BCUT2D eigenvalue weighted by atomic mass is 16.5. The molecule has 3 N–H and O–H groups in total. The summed E-state index contributed by atoms with van der Waals surface area (Å²) in [6.45, 7) is 1.36. The van der Waals surface area contributed by atoms with Crippen molar-refractivity contribution in [3.63, 3.8) is 0 Å². The van der Waals surface area contributed by atoms with E-state index in [9.17, 15) is 10.1 Å². The van der Waals surface area contributed by atoms with Crippen LogP contribution in [0.4, 0.5) is 11.6 Å². The highest BCUT2D eigenvalue weighted by molar-refractivity contribution is 5.92. The van der Waals surface area contributed by atoms with Gasteiger partial charge in [-0.05, 0) is 47.5 Å². The number of ether oxygens (including phenoxy) is 2. The van der Waals surface area contributed by atoms with Gasteiger partial charge in [-0.3, -0.25) is 4.79 Å². The van der Waals surface area contributed by atoms with E-state index >= 15 is 0 Å². The van der Waals surface area contributed by atoms with Gasteiger partial charge in [-0.2, -0.15) is 5.26 Å². The van der Waals surface area contributed by atoms with Gasteiger partial charge >= 0.3 is 0 Å². The normalized spacial score (nSPS) is 13.9. The van der Waals surface area contributed by atoms with Crippen molar-refractivity contribution >= 4 is 17.5 Å². The molecule has 8 heteroatoms. The first-order valence-corrected chi connectivity index (χ1v) is 9.90. The van der Waals surface area contributed by atoms with Crippen molar-refractivity contribution in [1.82, 2.24) is 9.97 Å². The maximum atomic E-state index is 11.2. The van der Waals surface area contributed by atoms with Crippen LogP contribution in [-0.2, 0) is 4.74 Å². The Morgan fingerprint density at radius 3 is 2.61 bits per heavy atom. The molecule has 3 aromatic rings. The lowest BCUT2D eigenvalue weighted by Gasteiger charge is -2.23. The second kappa shape index (κ2) is 9.24. The Morgan fingerprint density at radius 2 is 1.90 bits per heavy atom. The fourth-order valence-corrected chi connectivity index (χ4v) is 3.30. The van der Waals surface area contributed by atoms with E-state index in [1.165, 1.54) is 6.20 Å². The summed E-state index contributed by atoms with van der Waals surface area (Å²) in [5.41, 5.74) is 7.82. The van der Waals surface area contributed by atoms with E-state index in [1.54, 1.807) is 18.3 Å². The van der Waals surface area contributed by atoms with Gasteiger partial charge in [0, 0.05) is 25.2 Å².